The fourth-order valence-corrected chi connectivity index (χ4v) is 2.89. The molecule has 0 bridgehead atoms. The van der Waals surface area contributed by atoms with Crippen LogP contribution >= 0.6 is 11.6 Å². The third kappa shape index (κ3) is 4.00. The molecule has 0 N–H and O–H groups in total. The van der Waals surface area contributed by atoms with Crippen LogP contribution in [0.4, 0.5) is 0 Å². The standard InChI is InChI=1S/C22H17ClN2O3/c1-26-20-12-7-16(13-17(20)14-27-19-10-8-18(23)9-11-19)22-24-21(25-28-22)15-5-3-2-4-6-15/h2-13H,14H2,1H3. The molecule has 0 amide bonds. The van der Waals surface area contributed by atoms with Crippen LogP contribution in [0, 0.1) is 0 Å². The summed E-state index contributed by atoms with van der Waals surface area (Å²) in [4.78, 5) is 4.50. The van der Waals surface area contributed by atoms with E-state index in [1.807, 2.05) is 60.7 Å². The molecular formula is C22H17ClN2O3. The van der Waals surface area contributed by atoms with Gasteiger partial charge in [-0.1, -0.05) is 47.1 Å². The highest BCUT2D eigenvalue weighted by atomic mass is 35.5. The summed E-state index contributed by atoms with van der Waals surface area (Å²) in [6.07, 6.45) is 0. The highest BCUT2D eigenvalue weighted by molar-refractivity contribution is 6.30. The number of nitrogens with zero attached hydrogens (tertiary/aromatic N) is 2. The van der Waals surface area contributed by atoms with Crippen molar-refractivity contribution in [1.82, 2.24) is 10.1 Å². The van der Waals surface area contributed by atoms with Crippen LogP contribution in [0.1, 0.15) is 5.56 Å². The molecule has 0 spiro atoms. The fraction of sp³-hybridized carbons (Fsp3) is 0.0909. The van der Waals surface area contributed by atoms with Gasteiger partial charge in [0.1, 0.15) is 18.1 Å². The number of methoxy groups -OCH3 is 1. The molecule has 0 saturated carbocycles. The molecule has 0 radical (unpaired) electrons. The van der Waals surface area contributed by atoms with E-state index in [0.29, 0.717) is 23.3 Å². The smallest absolute Gasteiger partial charge is 0.258 e. The number of ether oxygens (including phenoxy) is 2. The topological polar surface area (TPSA) is 57.4 Å². The van der Waals surface area contributed by atoms with Gasteiger partial charge in [0.2, 0.25) is 5.82 Å². The highest BCUT2D eigenvalue weighted by Crippen LogP contribution is 2.28. The Morgan fingerprint density at radius 3 is 2.46 bits per heavy atom. The van der Waals surface area contributed by atoms with Crippen LogP contribution in [0.2, 0.25) is 5.02 Å². The predicted molar refractivity (Wildman–Crippen MR) is 108 cm³/mol. The van der Waals surface area contributed by atoms with Gasteiger partial charge in [-0.15, -0.1) is 0 Å². The summed E-state index contributed by atoms with van der Waals surface area (Å²) in [5.41, 5.74) is 2.57. The summed E-state index contributed by atoms with van der Waals surface area (Å²) < 4.78 is 16.8. The number of hydrogen-bond acceptors (Lipinski definition) is 5. The van der Waals surface area contributed by atoms with Crippen LogP contribution in [0.25, 0.3) is 22.8 Å². The first kappa shape index (κ1) is 18.1. The van der Waals surface area contributed by atoms with Gasteiger partial charge in [-0.05, 0) is 42.5 Å². The number of halogens is 1. The van der Waals surface area contributed by atoms with Gasteiger partial charge in [0.05, 0.1) is 7.11 Å². The predicted octanol–water partition coefficient (Wildman–Crippen LogP) is 5.64. The van der Waals surface area contributed by atoms with E-state index in [1.165, 1.54) is 0 Å². The number of aromatic nitrogens is 2. The van der Waals surface area contributed by atoms with Crippen molar-refractivity contribution < 1.29 is 14.0 Å². The highest BCUT2D eigenvalue weighted by Gasteiger charge is 2.13. The average molecular weight is 393 g/mol. The molecule has 140 valence electrons. The van der Waals surface area contributed by atoms with Gasteiger partial charge in [0.15, 0.2) is 0 Å². The van der Waals surface area contributed by atoms with Crippen molar-refractivity contribution in [3.05, 3.63) is 83.4 Å². The normalized spacial score (nSPS) is 10.6. The number of rotatable bonds is 6. The third-order valence-electron chi connectivity index (χ3n) is 4.19. The Kier molecular flexibility index (Phi) is 5.26. The van der Waals surface area contributed by atoms with Crippen LogP contribution in [0.5, 0.6) is 11.5 Å². The van der Waals surface area contributed by atoms with Crippen LogP contribution in [0.3, 0.4) is 0 Å². The van der Waals surface area contributed by atoms with Crippen LogP contribution in [0.15, 0.2) is 77.3 Å². The molecule has 0 aliphatic carbocycles. The van der Waals surface area contributed by atoms with E-state index < -0.39 is 0 Å². The minimum atomic E-state index is 0.332. The molecule has 0 fully saturated rings. The van der Waals surface area contributed by atoms with E-state index in [2.05, 4.69) is 10.1 Å². The van der Waals surface area contributed by atoms with E-state index >= 15 is 0 Å². The maximum atomic E-state index is 5.91. The molecule has 0 atom stereocenters. The second-order valence-electron chi connectivity index (χ2n) is 6.06. The Hall–Kier alpha value is -3.31. The molecule has 0 unspecified atom stereocenters. The molecule has 0 aliphatic rings. The summed E-state index contributed by atoms with van der Waals surface area (Å²) in [5, 5.41) is 4.74. The van der Waals surface area contributed by atoms with Crippen molar-refractivity contribution in [2.45, 2.75) is 6.61 Å². The van der Waals surface area contributed by atoms with Crippen molar-refractivity contribution in [3.63, 3.8) is 0 Å². The zero-order chi connectivity index (χ0) is 19.3. The van der Waals surface area contributed by atoms with E-state index in [-0.39, 0.29) is 0 Å². The number of hydrogen-bond donors (Lipinski definition) is 0. The second-order valence-corrected chi connectivity index (χ2v) is 6.49. The summed E-state index contributed by atoms with van der Waals surface area (Å²) in [5.74, 6) is 2.43. The molecule has 4 aromatic rings. The van der Waals surface area contributed by atoms with E-state index in [1.54, 1.807) is 19.2 Å². The molecule has 0 saturated heterocycles. The van der Waals surface area contributed by atoms with E-state index in [4.69, 9.17) is 25.6 Å². The molecule has 5 nitrogen and oxygen atoms in total. The SMILES string of the molecule is COc1ccc(-c2nc(-c3ccccc3)no2)cc1COc1ccc(Cl)cc1. The van der Waals surface area contributed by atoms with Gasteiger partial charge in [-0.2, -0.15) is 4.98 Å². The Labute approximate surface area is 167 Å². The maximum absolute atomic E-state index is 5.91. The summed E-state index contributed by atoms with van der Waals surface area (Å²) in [7, 11) is 1.63. The fourth-order valence-electron chi connectivity index (χ4n) is 2.76. The van der Waals surface area contributed by atoms with Crippen molar-refractivity contribution >= 4 is 11.6 Å². The Morgan fingerprint density at radius 1 is 0.929 bits per heavy atom. The molecule has 28 heavy (non-hydrogen) atoms. The zero-order valence-corrected chi connectivity index (χ0v) is 15.9. The lowest BCUT2D eigenvalue weighted by Gasteiger charge is -2.11. The van der Waals surface area contributed by atoms with E-state index in [0.717, 1.165) is 28.2 Å². The molecule has 6 heteroatoms. The molecule has 3 aromatic carbocycles. The molecular weight excluding hydrogens is 376 g/mol. The minimum Gasteiger partial charge on any atom is -0.496 e. The summed E-state index contributed by atoms with van der Waals surface area (Å²) >= 11 is 5.91. The lowest BCUT2D eigenvalue weighted by Crippen LogP contribution is -1.99. The van der Waals surface area contributed by atoms with Crippen LogP contribution < -0.4 is 9.47 Å². The first-order valence-electron chi connectivity index (χ1n) is 8.68. The van der Waals surface area contributed by atoms with Crippen LogP contribution in [-0.2, 0) is 6.61 Å². The quantitative estimate of drug-likeness (QED) is 0.424. The first-order valence-corrected chi connectivity index (χ1v) is 9.05. The Bertz CT molecular complexity index is 1060. The molecule has 1 heterocycles. The van der Waals surface area contributed by atoms with Gasteiger partial charge in [-0.25, -0.2) is 0 Å². The Morgan fingerprint density at radius 2 is 1.71 bits per heavy atom. The molecule has 4 rings (SSSR count). The van der Waals surface area contributed by atoms with Gasteiger partial charge < -0.3 is 14.0 Å². The van der Waals surface area contributed by atoms with Gasteiger partial charge >= 0.3 is 0 Å². The second kappa shape index (κ2) is 8.15. The molecule has 1 aromatic heterocycles. The largest absolute Gasteiger partial charge is 0.496 e. The van der Waals surface area contributed by atoms with Crippen molar-refractivity contribution in [3.8, 4) is 34.3 Å². The van der Waals surface area contributed by atoms with Gasteiger partial charge in [0, 0.05) is 21.7 Å². The lowest BCUT2D eigenvalue weighted by molar-refractivity contribution is 0.296. The van der Waals surface area contributed by atoms with Gasteiger partial charge in [-0.3, -0.25) is 0 Å². The van der Waals surface area contributed by atoms with Crippen LogP contribution in [-0.4, -0.2) is 17.3 Å². The zero-order valence-electron chi connectivity index (χ0n) is 15.1. The maximum Gasteiger partial charge on any atom is 0.258 e. The molecule has 0 aliphatic heterocycles. The monoisotopic (exact) mass is 392 g/mol. The van der Waals surface area contributed by atoms with E-state index in [9.17, 15) is 0 Å². The average Bonchev–Trinajstić information content (AvgIpc) is 3.24. The van der Waals surface area contributed by atoms with Crippen molar-refractivity contribution in [1.29, 1.82) is 0 Å². The summed E-state index contributed by atoms with van der Waals surface area (Å²) in [6, 6.07) is 22.6. The number of benzene rings is 3. The van der Waals surface area contributed by atoms with Crippen molar-refractivity contribution in [2.75, 3.05) is 7.11 Å². The Balaban J connectivity index is 1.58. The van der Waals surface area contributed by atoms with Crippen molar-refractivity contribution in [2.24, 2.45) is 0 Å². The summed E-state index contributed by atoms with van der Waals surface area (Å²) in [6.45, 7) is 0.332. The minimum absolute atomic E-state index is 0.332. The first-order chi connectivity index (χ1) is 13.7. The third-order valence-corrected chi connectivity index (χ3v) is 4.45. The van der Waals surface area contributed by atoms with Gasteiger partial charge in [0.25, 0.3) is 5.89 Å². The lowest BCUT2D eigenvalue weighted by atomic mass is 10.1.